The lowest BCUT2D eigenvalue weighted by atomic mass is 9.93. The summed E-state index contributed by atoms with van der Waals surface area (Å²) in [6.07, 6.45) is 4.28. The van der Waals surface area contributed by atoms with Crippen molar-refractivity contribution < 1.29 is 42.2 Å². The van der Waals surface area contributed by atoms with Crippen LogP contribution in [0.2, 0.25) is 0 Å². The Labute approximate surface area is 381 Å². The smallest absolute Gasteiger partial charge is 0.408 e. The van der Waals surface area contributed by atoms with Crippen LogP contribution in [0.3, 0.4) is 0 Å². The number of hydrogen-bond donors (Lipinski definition) is 4. The average Bonchev–Trinajstić information content (AvgIpc) is 4.12. The van der Waals surface area contributed by atoms with Crippen molar-refractivity contribution in [3.63, 3.8) is 0 Å². The molecule has 3 saturated heterocycles. The molecule has 16 nitrogen and oxygen atoms in total. The molecule has 8 rings (SSSR count). The number of hydrogen-bond acceptors (Lipinski definition) is 10. The van der Waals surface area contributed by atoms with Gasteiger partial charge in [-0.2, -0.15) is 0 Å². The number of aromatic nitrogens is 4. The summed E-state index contributed by atoms with van der Waals surface area (Å²) >= 11 is 0. The van der Waals surface area contributed by atoms with Crippen LogP contribution in [-0.2, 0) is 23.8 Å². The van der Waals surface area contributed by atoms with Gasteiger partial charge in [0.05, 0.1) is 38.3 Å². The van der Waals surface area contributed by atoms with Gasteiger partial charge in [-0.05, 0) is 69.7 Å². The monoisotopic (exact) mass is 907 g/mol. The molecule has 0 radical (unpaired) electrons. The van der Waals surface area contributed by atoms with Crippen molar-refractivity contribution in [2.45, 2.75) is 82.1 Å². The number of halogens is 2. The number of carbonyl (C=O) groups excluding carboxylic acids is 4. The molecule has 4 atom stereocenters. The number of alkyl carbamates (subject to hydrolysis) is 2. The number of anilines is 1. The van der Waals surface area contributed by atoms with Crippen LogP contribution in [0, 0.1) is 11.6 Å². The number of morpholine rings is 1. The SMILES string of the molecule is COC(=O)NC(C(=O)N1CCCC1c1ncc(-c2cc(F)c(N3CCC(c4cnc(C5COCCN5C(=O)C(NC(=O)OC(C)(C)C)c5ccccc5)[nH]4)CC3)c(F)c2)[nH]1)c1ccccc1. The minimum atomic E-state index is -1.01. The van der Waals surface area contributed by atoms with E-state index in [1.54, 1.807) is 90.2 Å². The summed E-state index contributed by atoms with van der Waals surface area (Å²) in [5.41, 5.74) is 1.85. The highest BCUT2D eigenvalue weighted by Gasteiger charge is 2.39. The number of piperidine rings is 1. The Morgan fingerprint density at radius 3 is 1.94 bits per heavy atom. The first-order valence-electron chi connectivity index (χ1n) is 22.2. The molecule has 2 aromatic heterocycles. The lowest BCUT2D eigenvalue weighted by Crippen LogP contribution is -2.49. The molecule has 348 valence electrons. The summed E-state index contributed by atoms with van der Waals surface area (Å²) in [5, 5.41) is 5.42. The maximum absolute atomic E-state index is 16.0. The molecule has 18 heteroatoms. The van der Waals surface area contributed by atoms with E-state index in [4.69, 9.17) is 14.2 Å². The fourth-order valence-electron chi connectivity index (χ4n) is 9.03. The van der Waals surface area contributed by atoms with E-state index in [0.29, 0.717) is 80.4 Å². The van der Waals surface area contributed by atoms with Gasteiger partial charge in [-0.25, -0.2) is 28.3 Å². The van der Waals surface area contributed by atoms with Crippen LogP contribution in [0.25, 0.3) is 11.3 Å². The van der Waals surface area contributed by atoms with E-state index < -0.39 is 53.6 Å². The lowest BCUT2D eigenvalue weighted by Gasteiger charge is -2.37. The summed E-state index contributed by atoms with van der Waals surface area (Å²) in [7, 11) is 1.23. The maximum atomic E-state index is 16.0. The fourth-order valence-corrected chi connectivity index (χ4v) is 9.03. The largest absolute Gasteiger partial charge is 0.453 e. The summed E-state index contributed by atoms with van der Waals surface area (Å²) in [4.78, 5) is 74.2. The summed E-state index contributed by atoms with van der Waals surface area (Å²) in [6.45, 7) is 7.25. The van der Waals surface area contributed by atoms with E-state index in [9.17, 15) is 19.2 Å². The van der Waals surface area contributed by atoms with E-state index in [-0.39, 0.29) is 42.1 Å². The first kappa shape index (κ1) is 45.7. The Morgan fingerprint density at radius 1 is 0.758 bits per heavy atom. The summed E-state index contributed by atoms with van der Waals surface area (Å²) in [6, 6.07) is 17.5. The Hall–Kier alpha value is -6.82. The van der Waals surface area contributed by atoms with Gasteiger partial charge in [-0.1, -0.05) is 60.7 Å². The number of carbonyl (C=O) groups is 4. The molecule has 4 unspecified atom stereocenters. The van der Waals surface area contributed by atoms with Gasteiger partial charge in [-0.3, -0.25) is 9.59 Å². The van der Waals surface area contributed by atoms with Gasteiger partial charge in [-0.15, -0.1) is 0 Å². The molecule has 5 aromatic rings. The van der Waals surface area contributed by atoms with E-state index in [2.05, 4.69) is 30.6 Å². The van der Waals surface area contributed by atoms with Crippen molar-refractivity contribution in [3.8, 4) is 11.3 Å². The zero-order valence-corrected chi connectivity index (χ0v) is 37.4. The van der Waals surface area contributed by atoms with Crippen LogP contribution >= 0.6 is 0 Å². The fraction of sp³-hybridized carbons (Fsp3) is 0.417. The molecule has 4 N–H and O–H groups in total. The number of nitrogens with one attached hydrogen (secondary N) is 4. The number of aromatic amines is 2. The van der Waals surface area contributed by atoms with Crippen LogP contribution in [-0.4, -0.2) is 106 Å². The van der Waals surface area contributed by atoms with Gasteiger partial charge in [0.2, 0.25) is 0 Å². The standard InChI is InChI=1S/C48H55F2N9O7/c1-48(2,3)66-47(63)56-40(31-14-9-6-10-15-31)45(61)59-22-23-65-28-38(59)43-52-26-35(53-43)29-17-20-57(21-18-29)41-33(49)24-32(25-34(41)50)36-27-51-42(54-36)37-16-11-19-58(37)44(60)39(55-46(62)64-4)30-12-7-5-8-13-30/h5-10,12-15,24-27,29,37-40H,11,16-23,28H2,1-4H3,(H,51,54)(H,52,53)(H,55,62)(H,56,63). The zero-order chi connectivity index (χ0) is 46.5. The van der Waals surface area contributed by atoms with Crippen LogP contribution in [0.4, 0.5) is 24.1 Å². The Morgan fingerprint density at radius 2 is 1.33 bits per heavy atom. The second-order valence-corrected chi connectivity index (χ2v) is 17.7. The van der Waals surface area contributed by atoms with Crippen LogP contribution in [0.1, 0.15) is 105 Å². The number of rotatable bonds is 11. The number of benzene rings is 3. The first-order chi connectivity index (χ1) is 31.8. The second-order valence-electron chi connectivity index (χ2n) is 17.7. The third kappa shape index (κ3) is 10.2. The molecular formula is C48H55F2N9O7. The zero-order valence-electron chi connectivity index (χ0n) is 37.4. The molecule has 5 heterocycles. The van der Waals surface area contributed by atoms with Crippen molar-refractivity contribution in [1.82, 2.24) is 40.4 Å². The molecule has 0 aliphatic carbocycles. The molecular weight excluding hydrogens is 853 g/mol. The van der Waals surface area contributed by atoms with Gasteiger partial charge in [0, 0.05) is 49.6 Å². The molecule has 4 amide bonds. The van der Waals surface area contributed by atoms with Crippen LogP contribution < -0.4 is 15.5 Å². The molecule has 66 heavy (non-hydrogen) atoms. The van der Waals surface area contributed by atoms with E-state index in [1.165, 1.54) is 25.4 Å². The van der Waals surface area contributed by atoms with Crippen molar-refractivity contribution in [2.24, 2.45) is 0 Å². The van der Waals surface area contributed by atoms with Crippen molar-refractivity contribution in [1.29, 1.82) is 0 Å². The van der Waals surface area contributed by atoms with Crippen LogP contribution in [0.5, 0.6) is 0 Å². The predicted octanol–water partition coefficient (Wildman–Crippen LogP) is 7.39. The summed E-state index contributed by atoms with van der Waals surface area (Å²) < 4.78 is 48.1. The number of methoxy groups -OCH3 is 1. The lowest BCUT2D eigenvalue weighted by molar-refractivity contribution is -0.143. The normalized spacial score (nSPS) is 19.0. The quantitative estimate of drug-likeness (QED) is 0.104. The van der Waals surface area contributed by atoms with Crippen molar-refractivity contribution in [3.05, 3.63) is 125 Å². The van der Waals surface area contributed by atoms with Gasteiger partial charge in [0.25, 0.3) is 11.8 Å². The number of ether oxygens (including phenoxy) is 3. The Kier molecular flexibility index (Phi) is 13.7. The third-order valence-corrected chi connectivity index (χ3v) is 12.2. The van der Waals surface area contributed by atoms with Crippen molar-refractivity contribution in [2.75, 3.05) is 51.4 Å². The molecule has 3 aliphatic heterocycles. The predicted molar refractivity (Wildman–Crippen MR) is 239 cm³/mol. The van der Waals surface area contributed by atoms with Gasteiger partial charge in [0.15, 0.2) is 0 Å². The van der Waals surface area contributed by atoms with Gasteiger partial charge in [0.1, 0.15) is 52.7 Å². The minimum absolute atomic E-state index is 0.0112. The summed E-state index contributed by atoms with van der Waals surface area (Å²) in [5.74, 6) is -1.06. The van der Waals surface area contributed by atoms with E-state index in [1.807, 2.05) is 12.1 Å². The minimum Gasteiger partial charge on any atom is -0.453 e. The maximum Gasteiger partial charge on any atom is 0.408 e. The number of nitrogens with zero attached hydrogens (tertiary/aromatic N) is 5. The molecule has 0 bridgehead atoms. The number of imidazole rings is 2. The highest BCUT2D eigenvalue weighted by atomic mass is 19.1. The van der Waals surface area contributed by atoms with E-state index in [0.717, 1.165) is 5.69 Å². The molecule has 3 fully saturated rings. The van der Waals surface area contributed by atoms with E-state index >= 15 is 8.78 Å². The van der Waals surface area contributed by atoms with Gasteiger partial charge >= 0.3 is 12.2 Å². The molecule has 0 saturated carbocycles. The topological polar surface area (TPSA) is 187 Å². The Balaban J connectivity index is 0.918. The average molecular weight is 908 g/mol. The number of H-pyrrole nitrogens is 2. The number of likely N-dealkylation sites (tertiary alicyclic amines) is 1. The molecule has 0 spiro atoms. The Bertz CT molecular complexity index is 2480. The van der Waals surface area contributed by atoms with Gasteiger partial charge < -0.3 is 49.5 Å². The number of amides is 4. The van der Waals surface area contributed by atoms with Crippen molar-refractivity contribution >= 4 is 29.7 Å². The molecule has 3 aliphatic rings. The third-order valence-electron chi connectivity index (χ3n) is 12.2. The highest BCUT2D eigenvalue weighted by Crippen LogP contribution is 2.38. The molecule has 3 aromatic carbocycles. The van der Waals surface area contributed by atoms with Crippen LogP contribution in [0.15, 0.2) is 85.2 Å². The second kappa shape index (κ2) is 19.7. The first-order valence-corrected chi connectivity index (χ1v) is 22.2. The highest BCUT2D eigenvalue weighted by molar-refractivity contribution is 5.88.